The van der Waals surface area contributed by atoms with Gasteiger partial charge in [-0.1, -0.05) is 0 Å². The lowest BCUT2D eigenvalue weighted by Crippen LogP contribution is -2.18. The first-order valence-corrected chi connectivity index (χ1v) is 6.40. The van der Waals surface area contributed by atoms with Gasteiger partial charge in [0.15, 0.2) is 0 Å². The zero-order chi connectivity index (χ0) is 12.3. The summed E-state index contributed by atoms with van der Waals surface area (Å²) in [5.41, 5.74) is 2.07. The van der Waals surface area contributed by atoms with Gasteiger partial charge in [0.25, 0.3) is 0 Å². The number of thiazole rings is 1. The average molecular weight is 248 g/mol. The van der Waals surface area contributed by atoms with Gasteiger partial charge >= 0.3 is 0 Å². The molecule has 0 aliphatic heterocycles. The Bertz CT molecular complexity index is 481. The molecule has 1 N–H and O–H groups in total. The van der Waals surface area contributed by atoms with Gasteiger partial charge in [-0.15, -0.1) is 11.3 Å². The standard InChI is InChI=1S/C12H16N4S/c1-8(12-9(2)16-10(3)17-12)15-7-11-6-13-4-5-14-11/h4-6,8,15H,7H2,1-3H3. The monoisotopic (exact) mass is 248 g/mol. The largest absolute Gasteiger partial charge is 0.304 e. The van der Waals surface area contributed by atoms with E-state index in [1.165, 1.54) is 4.88 Å². The molecule has 0 aliphatic rings. The third kappa shape index (κ3) is 3.08. The predicted molar refractivity (Wildman–Crippen MR) is 68.9 cm³/mol. The molecule has 0 fully saturated rings. The van der Waals surface area contributed by atoms with Gasteiger partial charge in [0.2, 0.25) is 0 Å². The van der Waals surface area contributed by atoms with Crippen molar-refractivity contribution in [2.24, 2.45) is 0 Å². The lowest BCUT2D eigenvalue weighted by molar-refractivity contribution is 0.571. The Labute approximate surface area is 105 Å². The predicted octanol–water partition coefficient (Wildman–Crippen LogP) is 2.40. The van der Waals surface area contributed by atoms with E-state index in [2.05, 4.69) is 34.1 Å². The van der Waals surface area contributed by atoms with Gasteiger partial charge in [0.05, 0.1) is 16.4 Å². The molecule has 0 aromatic carbocycles. The molecule has 0 saturated heterocycles. The Morgan fingerprint density at radius 1 is 1.35 bits per heavy atom. The maximum Gasteiger partial charge on any atom is 0.0900 e. The molecule has 2 rings (SSSR count). The van der Waals surface area contributed by atoms with Crippen molar-refractivity contribution < 1.29 is 0 Å². The first-order chi connectivity index (χ1) is 8.16. The maximum absolute atomic E-state index is 4.44. The molecular weight excluding hydrogens is 232 g/mol. The highest BCUT2D eigenvalue weighted by molar-refractivity contribution is 7.11. The molecule has 5 heteroatoms. The fraction of sp³-hybridized carbons (Fsp3) is 0.417. The summed E-state index contributed by atoms with van der Waals surface area (Å²) in [5.74, 6) is 0. The van der Waals surface area contributed by atoms with E-state index in [-0.39, 0.29) is 0 Å². The highest BCUT2D eigenvalue weighted by Gasteiger charge is 2.12. The molecule has 17 heavy (non-hydrogen) atoms. The SMILES string of the molecule is Cc1nc(C)c(C(C)NCc2cnccn2)s1. The number of aromatic nitrogens is 3. The maximum atomic E-state index is 4.44. The van der Waals surface area contributed by atoms with Crippen LogP contribution in [0.25, 0.3) is 0 Å². The quantitative estimate of drug-likeness (QED) is 0.902. The third-order valence-corrected chi connectivity index (χ3v) is 3.79. The van der Waals surface area contributed by atoms with Crippen molar-refractivity contribution in [3.05, 3.63) is 39.9 Å². The van der Waals surface area contributed by atoms with Crippen LogP contribution in [0.15, 0.2) is 18.6 Å². The minimum atomic E-state index is 0.295. The lowest BCUT2D eigenvalue weighted by atomic mass is 10.2. The van der Waals surface area contributed by atoms with Gasteiger partial charge in [0, 0.05) is 36.1 Å². The van der Waals surface area contributed by atoms with E-state index in [1.54, 1.807) is 29.9 Å². The van der Waals surface area contributed by atoms with Crippen molar-refractivity contribution in [1.82, 2.24) is 20.3 Å². The molecule has 2 aromatic rings. The summed E-state index contributed by atoms with van der Waals surface area (Å²) in [4.78, 5) is 14.0. The van der Waals surface area contributed by atoms with Crippen molar-refractivity contribution in [2.75, 3.05) is 0 Å². The second-order valence-electron chi connectivity index (χ2n) is 3.98. The van der Waals surface area contributed by atoms with E-state index < -0.39 is 0 Å². The smallest absolute Gasteiger partial charge is 0.0900 e. The van der Waals surface area contributed by atoms with Gasteiger partial charge in [0.1, 0.15) is 0 Å². The van der Waals surface area contributed by atoms with Crippen molar-refractivity contribution in [3.63, 3.8) is 0 Å². The Morgan fingerprint density at radius 2 is 2.18 bits per heavy atom. The van der Waals surface area contributed by atoms with E-state index in [1.807, 2.05) is 6.92 Å². The number of nitrogens with one attached hydrogen (secondary N) is 1. The second-order valence-corrected chi connectivity index (χ2v) is 5.22. The summed E-state index contributed by atoms with van der Waals surface area (Å²) in [5, 5.41) is 4.55. The zero-order valence-corrected chi connectivity index (χ0v) is 11.1. The minimum absolute atomic E-state index is 0.295. The first kappa shape index (κ1) is 12.1. The van der Waals surface area contributed by atoms with Crippen molar-refractivity contribution in [1.29, 1.82) is 0 Å². The summed E-state index contributed by atoms with van der Waals surface area (Å²) in [7, 11) is 0. The number of rotatable bonds is 4. The number of hydrogen-bond acceptors (Lipinski definition) is 5. The van der Waals surface area contributed by atoms with Gasteiger partial charge in [-0.05, 0) is 20.8 Å². The summed E-state index contributed by atoms with van der Waals surface area (Å²) in [6.07, 6.45) is 5.18. The normalized spacial score (nSPS) is 12.6. The molecule has 0 radical (unpaired) electrons. The van der Waals surface area contributed by atoms with E-state index in [4.69, 9.17) is 0 Å². The van der Waals surface area contributed by atoms with Crippen LogP contribution in [0.2, 0.25) is 0 Å². The number of nitrogens with zero attached hydrogens (tertiary/aromatic N) is 3. The Balaban J connectivity index is 1.98. The fourth-order valence-electron chi connectivity index (χ4n) is 1.72. The van der Waals surface area contributed by atoms with Crippen LogP contribution >= 0.6 is 11.3 Å². The van der Waals surface area contributed by atoms with Crippen LogP contribution in [0.1, 0.15) is 34.2 Å². The summed E-state index contributed by atoms with van der Waals surface area (Å²) in [6.45, 7) is 6.97. The highest BCUT2D eigenvalue weighted by atomic mass is 32.1. The van der Waals surface area contributed by atoms with Crippen LogP contribution in [0.3, 0.4) is 0 Å². The number of aryl methyl sites for hydroxylation is 2. The van der Waals surface area contributed by atoms with Crippen LogP contribution in [-0.2, 0) is 6.54 Å². The van der Waals surface area contributed by atoms with Crippen molar-refractivity contribution in [2.45, 2.75) is 33.4 Å². The van der Waals surface area contributed by atoms with Gasteiger partial charge in [-0.25, -0.2) is 4.98 Å². The summed E-state index contributed by atoms with van der Waals surface area (Å²) >= 11 is 1.75. The molecule has 2 heterocycles. The molecule has 0 saturated carbocycles. The highest BCUT2D eigenvalue weighted by Crippen LogP contribution is 2.24. The minimum Gasteiger partial charge on any atom is -0.304 e. The van der Waals surface area contributed by atoms with Crippen LogP contribution in [0.4, 0.5) is 0 Å². The van der Waals surface area contributed by atoms with Crippen molar-refractivity contribution >= 4 is 11.3 Å². The zero-order valence-electron chi connectivity index (χ0n) is 10.3. The van der Waals surface area contributed by atoms with Crippen LogP contribution in [-0.4, -0.2) is 15.0 Å². The third-order valence-electron chi connectivity index (χ3n) is 2.54. The van der Waals surface area contributed by atoms with E-state index >= 15 is 0 Å². The molecule has 90 valence electrons. The first-order valence-electron chi connectivity index (χ1n) is 5.59. The molecule has 0 aliphatic carbocycles. The van der Waals surface area contributed by atoms with E-state index in [0.29, 0.717) is 6.04 Å². The Kier molecular flexibility index (Phi) is 3.81. The van der Waals surface area contributed by atoms with Crippen molar-refractivity contribution in [3.8, 4) is 0 Å². The molecule has 0 spiro atoms. The number of hydrogen-bond donors (Lipinski definition) is 1. The van der Waals surface area contributed by atoms with Gasteiger partial charge < -0.3 is 5.32 Å². The molecule has 4 nitrogen and oxygen atoms in total. The van der Waals surface area contributed by atoms with Crippen LogP contribution in [0.5, 0.6) is 0 Å². The molecule has 1 atom stereocenters. The summed E-state index contributed by atoms with van der Waals surface area (Å²) in [6, 6.07) is 0.295. The molecule has 0 bridgehead atoms. The van der Waals surface area contributed by atoms with E-state index in [0.717, 1.165) is 22.9 Å². The molecule has 2 aromatic heterocycles. The Morgan fingerprint density at radius 3 is 2.76 bits per heavy atom. The average Bonchev–Trinajstić information content (AvgIpc) is 2.67. The van der Waals surface area contributed by atoms with Gasteiger partial charge in [-0.3, -0.25) is 9.97 Å². The topological polar surface area (TPSA) is 50.7 Å². The van der Waals surface area contributed by atoms with E-state index in [9.17, 15) is 0 Å². The van der Waals surface area contributed by atoms with Crippen LogP contribution < -0.4 is 5.32 Å². The lowest BCUT2D eigenvalue weighted by Gasteiger charge is -2.12. The summed E-state index contributed by atoms with van der Waals surface area (Å²) < 4.78 is 0. The second kappa shape index (κ2) is 5.33. The fourth-order valence-corrected chi connectivity index (χ4v) is 2.67. The molecular formula is C12H16N4S. The van der Waals surface area contributed by atoms with Gasteiger partial charge in [-0.2, -0.15) is 0 Å². The Hall–Kier alpha value is -1.33. The molecule has 0 amide bonds. The molecule has 1 unspecified atom stereocenters. The van der Waals surface area contributed by atoms with Crippen LogP contribution in [0, 0.1) is 13.8 Å².